The molecule has 1 aromatic heterocycles. The van der Waals surface area contributed by atoms with E-state index in [9.17, 15) is 4.79 Å². The Kier molecular flexibility index (Phi) is 4.97. The average molecular weight is 370 g/mol. The van der Waals surface area contributed by atoms with Crippen LogP contribution in [0.4, 0.5) is 0 Å². The molecule has 7 heteroatoms. The van der Waals surface area contributed by atoms with E-state index in [-0.39, 0.29) is 17.4 Å². The first-order valence-electron chi connectivity index (χ1n) is 9.47. The van der Waals surface area contributed by atoms with E-state index < -0.39 is 0 Å². The number of nitrogens with zero attached hydrogens (tertiary/aromatic N) is 4. The Hall–Kier alpha value is -2.25. The summed E-state index contributed by atoms with van der Waals surface area (Å²) >= 11 is 0. The van der Waals surface area contributed by atoms with Gasteiger partial charge in [0.05, 0.1) is 12.5 Å². The minimum atomic E-state index is -0.0376. The van der Waals surface area contributed by atoms with Gasteiger partial charge in [0.15, 0.2) is 5.82 Å². The Balaban J connectivity index is 1.39. The number of methoxy groups -OCH3 is 1. The summed E-state index contributed by atoms with van der Waals surface area (Å²) in [6.07, 6.45) is 2.84. The van der Waals surface area contributed by atoms with Crippen molar-refractivity contribution < 1.29 is 14.1 Å². The Morgan fingerprint density at radius 2 is 2.00 bits per heavy atom. The molecule has 144 valence electrons. The zero-order chi connectivity index (χ0) is 18.9. The maximum Gasteiger partial charge on any atom is 0.240 e. The molecule has 1 aromatic carbocycles. The van der Waals surface area contributed by atoms with Crippen molar-refractivity contribution in [3.63, 3.8) is 0 Å². The summed E-state index contributed by atoms with van der Waals surface area (Å²) in [6.45, 7) is 2.84. The largest absolute Gasteiger partial charge is 0.377 e. The van der Waals surface area contributed by atoms with E-state index in [4.69, 9.17) is 9.26 Å². The maximum atomic E-state index is 12.9. The van der Waals surface area contributed by atoms with Crippen LogP contribution in [0.25, 0.3) is 0 Å². The van der Waals surface area contributed by atoms with Gasteiger partial charge >= 0.3 is 0 Å². The number of likely N-dealkylation sites (N-methyl/N-ethyl adjacent to an activating group) is 1. The van der Waals surface area contributed by atoms with E-state index >= 15 is 0 Å². The fourth-order valence-corrected chi connectivity index (χ4v) is 4.42. The minimum Gasteiger partial charge on any atom is -0.377 e. The fraction of sp³-hybridized carbons (Fsp3) is 0.550. The summed E-state index contributed by atoms with van der Waals surface area (Å²) < 4.78 is 10.3. The number of rotatable bonds is 5. The lowest BCUT2D eigenvalue weighted by atomic mass is 9.81. The van der Waals surface area contributed by atoms with Crippen molar-refractivity contribution in [2.24, 2.45) is 0 Å². The molecule has 1 spiro atoms. The van der Waals surface area contributed by atoms with Crippen LogP contribution in [0.1, 0.15) is 42.5 Å². The first kappa shape index (κ1) is 18.1. The number of likely N-dealkylation sites (tertiary alicyclic amines) is 2. The summed E-state index contributed by atoms with van der Waals surface area (Å²) in [6, 6.07) is 10.2. The van der Waals surface area contributed by atoms with Gasteiger partial charge in [0.2, 0.25) is 11.8 Å². The molecular formula is C20H26N4O3. The molecular weight excluding hydrogens is 344 g/mol. The molecule has 0 unspecified atom stereocenters. The highest BCUT2D eigenvalue weighted by molar-refractivity contribution is 5.87. The Morgan fingerprint density at radius 3 is 2.70 bits per heavy atom. The Labute approximate surface area is 159 Å². The van der Waals surface area contributed by atoms with Crippen molar-refractivity contribution in [1.82, 2.24) is 19.9 Å². The number of amides is 1. The first-order chi connectivity index (χ1) is 13.1. The number of hydrogen-bond donors (Lipinski definition) is 0. The van der Waals surface area contributed by atoms with Gasteiger partial charge in [-0.2, -0.15) is 4.98 Å². The molecule has 27 heavy (non-hydrogen) atoms. The van der Waals surface area contributed by atoms with Crippen molar-refractivity contribution >= 4 is 5.91 Å². The Morgan fingerprint density at radius 1 is 1.26 bits per heavy atom. The third kappa shape index (κ3) is 3.49. The first-order valence-corrected chi connectivity index (χ1v) is 9.47. The van der Waals surface area contributed by atoms with Crippen molar-refractivity contribution in [2.45, 2.75) is 43.9 Å². The molecule has 0 bridgehead atoms. The van der Waals surface area contributed by atoms with Gasteiger partial charge in [-0.05, 0) is 24.8 Å². The Bertz CT molecular complexity index is 784. The summed E-state index contributed by atoms with van der Waals surface area (Å²) in [7, 11) is 3.58. The molecule has 1 amide bonds. The van der Waals surface area contributed by atoms with E-state index in [0.717, 1.165) is 37.9 Å². The molecule has 2 aromatic rings. The summed E-state index contributed by atoms with van der Waals surface area (Å²) in [4.78, 5) is 21.6. The summed E-state index contributed by atoms with van der Waals surface area (Å²) in [5, 5.41) is 3.92. The number of aromatic nitrogens is 2. The molecule has 7 nitrogen and oxygen atoms in total. The van der Waals surface area contributed by atoms with Crippen LogP contribution < -0.4 is 0 Å². The second-order valence-electron chi connectivity index (χ2n) is 7.60. The van der Waals surface area contributed by atoms with Gasteiger partial charge in [-0.3, -0.25) is 9.69 Å². The highest BCUT2D eigenvalue weighted by atomic mass is 16.5. The second kappa shape index (κ2) is 7.40. The van der Waals surface area contributed by atoms with Crippen LogP contribution in [-0.2, 0) is 22.7 Å². The predicted octanol–water partition coefficient (Wildman–Crippen LogP) is 2.20. The molecule has 0 aliphatic carbocycles. The third-order valence-electron chi connectivity index (χ3n) is 6.06. The van der Waals surface area contributed by atoms with E-state index in [0.29, 0.717) is 24.9 Å². The van der Waals surface area contributed by atoms with Gasteiger partial charge in [0.25, 0.3) is 0 Å². The predicted molar refractivity (Wildman–Crippen MR) is 98.8 cm³/mol. The molecule has 3 heterocycles. The average Bonchev–Trinajstić information content (AvgIpc) is 3.23. The highest BCUT2D eigenvalue weighted by Crippen LogP contribution is 2.44. The van der Waals surface area contributed by atoms with E-state index in [1.54, 1.807) is 7.11 Å². The standard InChI is InChI=1S/C20H26N4O3/c1-23-19(25)16(15-6-4-3-5-7-15)12-20(23)8-10-24(11-9-20)13-18-21-17(14-26-2)22-27-18/h3-7,16H,8-14H2,1-2H3/t16-/m0/s1. The summed E-state index contributed by atoms with van der Waals surface area (Å²) in [5.74, 6) is 1.43. The maximum absolute atomic E-state index is 12.9. The molecule has 2 saturated heterocycles. The van der Waals surface area contributed by atoms with Crippen molar-refractivity contribution in [1.29, 1.82) is 0 Å². The minimum absolute atomic E-state index is 0.0182. The number of hydrogen-bond acceptors (Lipinski definition) is 6. The van der Waals surface area contributed by atoms with Crippen LogP contribution in [0.15, 0.2) is 34.9 Å². The van der Waals surface area contributed by atoms with Gasteiger partial charge in [-0.1, -0.05) is 35.5 Å². The van der Waals surface area contributed by atoms with Crippen LogP contribution in [0, 0.1) is 0 Å². The summed E-state index contributed by atoms with van der Waals surface area (Å²) in [5.41, 5.74) is 1.09. The smallest absolute Gasteiger partial charge is 0.240 e. The SMILES string of the molecule is COCc1noc(CN2CCC3(CC2)C[C@@H](c2ccccc2)C(=O)N3C)n1. The normalized spacial score (nSPS) is 22.7. The fourth-order valence-electron chi connectivity index (χ4n) is 4.42. The molecule has 0 N–H and O–H groups in total. The number of carbonyl (C=O) groups is 1. The monoisotopic (exact) mass is 370 g/mol. The van der Waals surface area contributed by atoms with Gasteiger partial charge in [-0.15, -0.1) is 0 Å². The van der Waals surface area contributed by atoms with Gasteiger partial charge in [-0.25, -0.2) is 0 Å². The lowest BCUT2D eigenvalue weighted by molar-refractivity contribution is -0.131. The molecule has 1 atom stereocenters. The molecule has 2 aliphatic heterocycles. The van der Waals surface area contributed by atoms with Crippen molar-refractivity contribution in [2.75, 3.05) is 27.2 Å². The second-order valence-corrected chi connectivity index (χ2v) is 7.60. The van der Waals surface area contributed by atoms with E-state index in [2.05, 4.69) is 27.2 Å². The quantitative estimate of drug-likeness (QED) is 0.803. The highest BCUT2D eigenvalue weighted by Gasteiger charge is 2.50. The zero-order valence-corrected chi connectivity index (χ0v) is 15.9. The molecule has 0 saturated carbocycles. The third-order valence-corrected chi connectivity index (χ3v) is 6.06. The molecule has 0 radical (unpaired) electrons. The van der Waals surface area contributed by atoms with Gasteiger partial charge in [0.1, 0.15) is 6.61 Å². The lowest BCUT2D eigenvalue weighted by Gasteiger charge is -2.43. The van der Waals surface area contributed by atoms with E-state index in [1.165, 1.54) is 0 Å². The molecule has 4 rings (SSSR count). The van der Waals surface area contributed by atoms with Gasteiger partial charge < -0.3 is 14.2 Å². The van der Waals surface area contributed by atoms with Crippen LogP contribution in [0.5, 0.6) is 0 Å². The number of carbonyl (C=O) groups excluding carboxylic acids is 1. The van der Waals surface area contributed by atoms with Crippen LogP contribution in [0.3, 0.4) is 0 Å². The zero-order valence-electron chi connectivity index (χ0n) is 15.9. The number of piperidine rings is 1. The van der Waals surface area contributed by atoms with Crippen LogP contribution in [0.2, 0.25) is 0 Å². The number of benzene rings is 1. The van der Waals surface area contributed by atoms with E-state index in [1.807, 2.05) is 30.1 Å². The van der Waals surface area contributed by atoms with Crippen LogP contribution >= 0.6 is 0 Å². The topological polar surface area (TPSA) is 71.7 Å². The lowest BCUT2D eigenvalue weighted by Crippen LogP contribution is -2.51. The number of ether oxygens (including phenoxy) is 1. The molecule has 2 fully saturated rings. The van der Waals surface area contributed by atoms with Gasteiger partial charge in [0, 0.05) is 32.8 Å². The van der Waals surface area contributed by atoms with Crippen LogP contribution in [-0.4, -0.2) is 58.6 Å². The molecule has 2 aliphatic rings. The van der Waals surface area contributed by atoms with Crippen molar-refractivity contribution in [3.05, 3.63) is 47.6 Å². The van der Waals surface area contributed by atoms with Crippen molar-refractivity contribution in [3.8, 4) is 0 Å².